The summed E-state index contributed by atoms with van der Waals surface area (Å²) >= 11 is 6.20. The molecule has 0 radical (unpaired) electrons. The van der Waals surface area contributed by atoms with Gasteiger partial charge in [-0.15, -0.1) is 0 Å². The molecule has 0 spiro atoms. The summed E-state index contributed by atoms with van der Waals surface area (Å²) in [7, 11) is 3.74. The molecule has 0 bridgehead atoms. The smallest absolute Gasteiger partial charge is 0.122 e. The Kier molecular flexibility index (Phi) is 3.64. The van der Waals surface area contributed by atoms with E-state index in [1.165, 1.54) is 18.4 Å². The highest BCUT2D eigenvalue weighted by Gasteiger charge is 2.42. The molecule has 1 N–H and O–H groups in total. The molecule has 1 aromatic carbocycles. The maximum absolute atomic E-state index is 6.20. The van der Waals surface area contributed by atoms with Crippen molar-refractivity contribution >= 4 is 11.6 Å². The van der Waals surface area contributed by atoms with E-state index in [9.17, 15) is 0 Å². The summed E-state index contributed by atoms with van der Waals surface area (Å²) < 4.78 is 5.45. The Morgan fingerprint density at radius 3 is 2.65 bits per heavy atom. The molecule has 1 aliphatic carbocycles. The van der Waals surface area contributed by atoms with E-state index in [2.05, 4.69) is 11.4 Å². The SMILES string of the molecule is CNCC1(Cc2cc(Cl)c(C)cc2OC)CC1. The fraction of sp³-hybridized carbons (Fsp3) is 0.571. The maximum Gasteiger partial charge on any atom is 0.122 e. The Balaban J connectivity index is 2.23. The Labute approximate surface area is 108 Å². The van der Waals surface area contributed by atoms with Crippen molar-refractivity contribution in [2.75, 3.05) is 20.7 Å². The van der Waals surface area contributed by atoms with Gasteiger partial charge in [-0.1, -0.05) is 11.6 Å². The molecule has 94 valence electrons. The van der Waals surface area contributed by atoms with Crippen LogP contribution in [0.1, 0.15) is 24.0 Å². The van der Waals surface area contributed by atoms with Gasteiger partial charge in [0, 0.05) is 11.6 Å². The predicted octanol–water partition coefficient (Wildman–Crippen LogP) is 3.20. The van der Waals surface area contributed by atoms with Crippen LogP contribution in [0.4, 0.5) is 0 Å². The molecule has 1 aliphatic rings. The van der Waals surface area contributed by atoms with E-state index in [4.69, 9.17) is 16.3 Å². The highest BCUT2D eigenvalue weighted by molar-refractivity contribution is 6.31. The van der Waals surface area contributed by atoms with Gasteiger partial charge >= 0.3 is 0 Å². The first-order valence-electron chi connectivity index (χ1n) is 6.08. The maximum atomic E-state index is 6.20. The van der Waals surface area contributed by atoms with Gasteiger partial charge in [0.25, 0.3) is 0 Å². The molecule has 0 aromatic heterocycles. The molecule has 0 atom stereocenters. The van der Waals surface area contributed by atoms with Crippen molar-refractivity contribution in [3.05, 3.63) is 28.3 Å². The summed E-state index contributed by atoms with van der Waals surface area (Å²) in [5.41, 5.74) is 2.74. The second-order valence-corrected chi connectivity index (χ2v) is 5.53. The predicted molar refractivity (Wildman–Crippen MR) is 72.0 cm³/mol. The third-order valence-corrected chi connectivity index (χ3v) is 4.04. The van der Waals surface area contributed by atoms with Crippen molar-refractivity contribution in [3.8, 4) is 5.75 Å². The molecule has 2 rings (SSSR count). The van der Waals surface area contributed by atoms with Crippen molar-refractivity contribution < 1.29 is 4.74 Å². The van der Waals surface area contributed by atoms with Gasteiger partial charge < -0.3 is 10.1 Å². The minimum Gasteiger partial charge on any atom is -0.496 e. The first-order valence-corrected chi connectivity index (χ1v) is 6.46. The minimum absolute atomic E-state index is 0.431. The molecular formula is C14H20ClNO. The lowest BCUT2D eigenvalue weighted by molar-refractivity contribution is 0.399. The Morgan fingerprint density at radius 2 is 2.12 bits per heavy atom. The molecule has 2 nitrogen and oxygen atoms in total. The zero-order valence-electron chi connectivity index (χ0n) is 10.8. The fourth-order valence-electron chi connectivity index (χ4n) is 2.40. The molecular weight excluding hydrogens is 234 g/mol. The molecule has 0 unspecified atom stereocenters. The van der Waals surface area contributed by atoms with Crippen LogP contribution in [0.3, 0.4) is 0 Å². The summed E-state index contributed by atoms with van der Waals surface area (Å²) in [5.74, 6) is 0.967. The van der Waals surface area contributed by atoms with Gasteiger partial charge in [0.05, 0.1) is 7.11 Å². The number of hydrogen-bond acceptors (Lipinski definition) is 2. The number of aryl methyl sites for hydroxylation is 1. The summed E-state index contributed by atoms with van der Waals surface area (Å²) in [4.78, 5) is 0. The third kappa shape index (κ3) is 2.75. The van der Waals surface area contributed by atoms with Gasteiger partial charge in [-0.3, -0.25) is 0 Å². The van der Waals surface area contributed by atoms with Gasteiger partial charge in [-0.2, -0.15) is 0 Å². The molecule has 1 fully saturated rings. The lowest BCUT2D eigenvalue weighted by Crippen LogP contribution is -2.22. The molecule has 0 saturated heterocycles. The number of nitrogens with one attached hydrogen (secondary N) is 1. The van der Waals surface area contributed by atoms with Crippen LogP contribution in [0, 0.1) is 12.3 Å². The van der Waals surface area contributed by atoms with Gasteiger partial charge in [-0.25, -0.2) is 0 Å². The van der Waals surface area contributed by atoms with Gasteiger partial charge in [-0.05, 0) is 61.9 Å². The van der Waals surface area contributed by atoms with E-state index in [1.54, 1.807) is 7.11 Å². The van der Waals surface area contributed by atoms with E-state index in [-0.39, 0.29) is 0 Å². The van der Waals surface area contributed by atoms with Gasteiger partial charge in [0.15, 0.2) is 0 Å². The first-order chi connectivity index (χ1) is 8.10. The molecule has 0 amide bonds. The summed E-state index contributed by atoms with van der Waals surface area (Å²) in [6.45, 7) is 3.08. The molecule has 17 heavy (non-hydrogen) atoms. The molecule has 0 heterocycles. The Morgan fingerprint density at radius 1 is 1.41 bits per heavy atom. The van der Waals surface area contributed by atoms with Crippen LogP contribution in [0.25, 0.3) is 0 Å². The number of hydrogen-bond donors (Lipinski definition) is 1. The molecule has 0 aliphatic heterocycles. The van der Waals surface area contributed by atoms with Crippen LogP contribution in [0.15, 0.2) is 12.1 Å². The Bertz CT molecular complexity index is 413. The average molecular weight is 254 g/mol. The highest BCUT2D eigenvalue weighted by atomic mass is 35.5. The second kappa shape index (κ2) is 4.87. The average Bonchev–Trinajstić information content (AvgIpc) is 3.03. The molecule has 3 heteroatoms. The molecule has 1 saturated carbocycles. The lowest BCUT2D eigenvalue weighted by atomic mass is 9.95. The van der Waals surface area contributed by atoms with Gasteiger partial charge in [0.2, 0.25) is 0 Å². The van der Waals surface area contributed by atoms with Crippen LogP contribution in [-0.4, -0.2) is 20.7 Å². The zero-order chi connectivity index (χ0) is 12.5. The van der Waals surface area contributed by atoms with E-state index in [1.807, 2.05) is 20.0 Å². The van der Waals surface area contributed by atoms with Crippen molar-refractivity contribution in [1.29, 1.82) is 0 Å². The number of methoxy groups -OCH3 is 1. The highest BCUT2D eigenvalue weighted by Crippen LogP contribution is 2.49. The van der Waals surface area contributed by atoms with Crippen LogP contribution in [0.5, 0.6) is 5.75 Å². The second-order valence-electron chi connectivity index (χ2n) is 5.12. The summed E-state index contributed by atoms with van der Waals surface area (Å²) in [6, 6.07) is 4.10. The summed E-state index contributed by atoms with van der Waals surface area (Å²) in [6.07, 6.45) is 3.64. The van der Waals surface area contributed by atoms with Crippen LogP contribution in [0.2, 0.25) is 5.02 Å². The quantitative estimate of drug-likeness (QED) is 0.870. The third-order valence-electron chi connectivity index (χ3n) is 3.64. The zero-order valence-corrected chi connectivity index (χ0v) is 11.5. The largest absolute Gasteiger partial charge is 0.496 e. The minimum atomic E-state index is 0.431. The van der Waals surface area contributed by atoms with Crippen LogP contribution < -0.4 is 10.1 Å². The first kappa shape index (κ1) is 12.7. The van der Waals surface area contributed by atoms with E-state index < -0.39 is 0 Å². The monoisotopic (exact) mass is 253 g/mol. The van der Waals surface area contributed by atoms with E-state index >= 15 is 0 Å². The summed E-state index contributed by atoms with van der Waals surface area (Å²) in [5, 5.41) is 4.11. The fourth-order valence-corrected chi connectivity index (χ4v) is 2.58. The number of ether oxygens (including phenoxy) is 1. The normalized spacial score (nSPS) is 16.9. The standard InChI is InChI=1S/C14H20ClNO/c1-10-6-13(17-3)11(7-12(10)15)8-14(4-5-14)9-16-2/h6-7,16H,4-5,8-9H2,1-3H3. The Hall–Kier alpha value is -0.730. The topological polar surface area (TPSA) is 21.3 Å². The van der Waals surface area contributed by atoms with Gasteiger partial charge in [0.1, 0.15) is 5.75 Å². The molecule has 1 aromatic rings. The number of rotatable bonds is 5. The van der Waals surface area contributed by atoms with Crippen LogP contribution >= 0.6 is 11.6 Å². The number of halogens is 1. The van der Waals surface area contributed by atoms with Crippen molar-refractivity contribution in [1.82, 2.24) is 5.32 Å². The van der Waals surface area contributed by atoms with Crippen molar-refractivity contribution in [2.24, 2.45) is 5.41 Å². The van der Waals surface area contributed by atoms with E-state index in [0.29, 0.717) is 5.41 Å². The van der Waals surface area contributed by atoms with Crippen molar-refractivity contribution in [3.63, 3.8) is 0 Å². The van der Waals surface area contributed by atoms with Crippen molar-refractivity contribution in [2.45, 2.75) is 26.2 Å². The number of benzene rings is 1. The van der Waals surface area contributed by atoms with Crippen LogP contribution in [-0.2, 0) is 6.42 Å². The lowest BCUT2D eigenvalue weighted by Gasteiger charge is -2.17. The van der Waals surface area contributed by atoms with E-state index in [0.717, 1.165) is 29.3 Å².